The molecule has 1 aliphatic rings. The number of aryl methyl sites for hydroxylation is 1. The molecule has 10 nitrogen and oxygen atoms in total. The monoisotopic (exact) mass is 582 g/mol. The van der Waals surface area contributed by atoms with Crippen molar-refractivity contribution in [3.8, 4) is 11.5 Å². The molecule has 0 aromatic heterocycles. The summed E-state index contributed by atoms with van der Waals surface area (Å²) in [5.74, 6) is -0.614. The van der Waals surface area contributed by atoms with Crippen LogP contribution in [0.3, 0.4) is 0 Å². The zero-order chi connectivity index (χ0) is 31.6. The second-order valence-electron chi connectivity index (χ2n) is 11.9. The van der Waals surface area contributed by atoms with Crippen LogP contribution in [-0.4, -0.2) is 53.2 Å². The summed E-state index contributed by atoms with van der Waals surface area (Å²) < 4.78 is 22.2. The quantitative estimate of drug-likeness (QED) is 0.325. The lowest BCUT2D eigenvalue weighted by atomic mass is 9.91. The number of hydrogen-bond acceptors (Lipinski definition) is 8. The minimum absolute atomic E-state index is 0.211. The first kappa shape index (κ1) is 32.4. The van der Waals surface area contributed by atoms with Crippen molar-refractivity contribution in [1.29, 1.82) is 0 Å². The molecular weight excluding hydrogens is 540 g/mol. The number of benzene rings is 2. The Morgan fingerprint density at radius 1 is 1.00 bits per heavy atom. The van der Waals surface area contributed by atoms with Crippen LogP contribution in [-0.2, 0) is 30.3 Å². The van der Waals surface area contributed by atoms with E-state index in [1.807, 2.05) is 19.9 Å². The van der Waals surface area contributed by atoms with E-state index in [2.05, 4.69) is 5.32 Å². The Morgan fingerprint density at radius 2 is 1.67 bits per heavy atom. The van der Waals surface area contributed by atoms with Gasteiger partial charge in [-0.3, -0.25) is 14.5 Å². The highest BCUT2D eigenvalue weighted by molar-refractivity contribution is 5.99. The Balaban J connectivity index is 2.06. The number of rotatable bonds is 7. The van der Waals surface area contributed by atoms with Crippen molar-refractivity contribution in [2.45, 2.75) is 92.9 Å². The largest absolute Gasteiger partial charge is 0.476 e. The Morgan fingerprint density at radius 3 is 2.26 bits per heavy atom. The molecule has 1 N–H and O–H groups in total. The van der Waals surface area contributed by atoms with Crippen LogP contribution in [0.25, 0.3) is 0 Å². The average Bonchev–Trinajstić information content (AvgIpc) is 2.87. The van der Waals surface area contributed by atoms with E-state index in [9.17, 15) is 19.2 Å². The van der Waals surface area contributed by atoms with Gasteiger partial charge in [0.05, 0.1) is 6.61 Å². The van der Waals surface area contributed by atoms with Gasteiger partial charge in [-0.15, -0.1) is 0 Å². The zero-order valence-electron chi connectivity index (χ0n) is 26.2. The van der Waals surface area contributed by atoms with Crippen LogP contribution in [0, 0.1) is 20.8 Å². The summed E-state index contributed by atoms with van der Waals surface area (Å²) in [6.07, 6.45) is -0.130. The standard InChI is InChI=1S/C32H42N2O8/c1-11-39-29(37)32(9,10)41-23-13-12-22-14-15-34(30(38)42-31(6,7)8)26(24(22)17-23)28(36)33-25-16-18(2)27(40-21(5)35)20(4)19(25)3/h12-13,16-17,26H,11,14-15H2,1-10H3,(H,33,36)/t26-/m0/s1. The minimum atomic E-state index is -1.28. The summed E-state index contributed by atoms with van der Waals surface area (Å²) in [5, 5.41) is 2.99. The first-order valence-electron chi connectivity index (χ1n) is 14.0. The van der Waals surface area contributed by atoms with Crippen LogP contribution in [0.1, 0.15) is 82.3 Å². The van der Waals surface area contributed by atoms with E-state index < -0.39 is 41.2 Å². The van der Waals surface area contributed by atoms with Crippen molar-refractivity contribution < 1.29 is 38.1 Å². The van der Waals surface area contributed by atoms with E-state index in [1.54, 1.807) is 66.7 Å². The van der Waals surface area contributed by atoms with Gasteiger partial charge in [-0.05, 0) is 115 Å². The van der Waals surface area contributed by atoms with Gasteiger partial charge in [0.2, 0.25) is 0 Å². The SMILES string of the molecule is CCOC(=O)C(C)(C)Oc1ccc2c(c1)[C@@H](C(=O)Nc1cc(C)c(OC(C)=O)c(C)c1C)N(C(=O)OC(C)(C)C)CC2. The van der Waals surface area contributed by atoms with Crippen LogP contribution < -0.4 is 14.8 Å². The number of carbonyl (C=O) groups is 4. The van der Waals surface area contributed by atoms with E-state index in [0.717, 1.165) is 11.1 Å². The summed E-state index contributed by atoms with van der Waals surface area (Å²) in [7, 11) is 0. The second kappa shape index (κ2) is 12.4. The highest BCUT2D eigenvalue weighted by Crippen LogP contribution is 2.37. The predicted molar refractivity (Wildman–Crippen MR) is 158 cm³/mol. The number of nitrogens with one attached hydrogen (secondary N) is 1. The van der Waals surface area contributed by atoms with Gasteiger partial charge < -0.3 is 24.3 Å². The first-order chi connectivity index (χ1) is 19.4. The number of amides is 2. The van der Waals surface area contributed by atoms with Gasteiger partial charge in [0.25, 0.3) is 5.91 Å². The molecule has 1 atom stereocenters. The third kappa shape index (κ3) is 7.40. The van der Waals surface area contributed by atoms with Crippen molar-refractivity contribution in [1.82, 2.24) is 4.90 Å². The molecule has 1 heterocycles. The molecule has 42 heavy (non-hydrogen) atoms. The molecule has 2 aromatic rings. The van der Waals surface area contributed by atoms with Gasteiger partial charge in [-0.25, -0.2) is 9.59 Å². The van der Waals surface area contributed by atoms with E-state index in [1.165, 1.54) is 11.8 Å². The van der Waals surface area contributed by atoms with Crippen molar-refractivity contribution in [3.63, 3.8) is 0 Å². The summed E-state index contributed by atoms with van der Waals surface area (Å²) in [6.45, 7) is 17.5. The number of anilines is 1. The normalized spacial score (nSPS) is 14.9. The van der Waals surface area contributed by atoms with E-state index >= 15 is 0 Å². The smallest absolute Gasteiger partial charge is 0.411 e. The molecular formula is C32H42N2O8. The molecule has 228 valence electrons. The van der Waals surface area contributed by atoms with Crippen LogP contribution in [0.2, 0.25) is 0 Å². The molecule has 3 rings (SSSR count). The number of hydrogen-bond donors (Lipinski definition) is 1. The summed E-state index contributed by atoms with van der Waals surface area (Å²) >= 11 is 0. The van der Waals surface area contributed by atoms with E-state index in [-0.39, 0.29) is 13.2 Å². The van der Waals surface area contributed by atoms with Crippen molar-refractivity contribution >= 4 is 29.6 Å². The highest BCUT2D eigenvalue weighted by atomic mass is 16.6. The third-order valence-corrected chi connectivity index (χ3v) is 6.89. The molecule has 0 radical (unpaired) electrons. The molecule has 0 saturated carbocycles. The van der Waals surface area contributed by atoms with Crippen LogP contribution >= 0.6 is 0 Å². The van der Waals surface area contributed by atoms with Crippen molar-refractivity contribution in [2.24, 2.45) is 0 Å². The molecule has 2 amide bonds. The Kier molecular flexibility index (Phi) is 9.59. The summed E-state index contributed by atoms with van der Waals surface area (Å²) in [6, 6.07) is 5.95. The lowest BCUT2D eigenvalue weighted by Crippen LogP contribution is -2.47. The van der Waals surface area contributed by atoms with E-state index in [4.69, 9.17) is 18.9 Å². The molecule has 10 heteroatoms. The Hall–Kier alpha value is -4.08. The molecule has 0 spiro atoms. The number of fused-ring (bicyclic) bond motifs is 1. The van der Waals surface area contributed by atoms with Crippen molar-refractivity contribution in [2.75, 3.05) is 18.5 Å². The topological polar surface area (TPSA) is 120 Å². The molecule has 0 unspecified atom stereocenters. The highest BCUT2D eigenvalue weighted by Gasteiger charge is 2.39. The van der Waals surface area contributed by atoms with Gasteiger partial charge in [-0.1, -0.05) is 6.07 Å². The number of esters is 2. The maximum absolute atomic E-state index is 14.1. The van der Waals surface area contributed by atoms with Gasteiger partial charge in [-0.2, -0.15) is 0 Å². The minimum Gasteiger partial charge on any atom is -0.476 e. The number of carbonyl (C=O) groups excluding carboxylic acids is 4. The molecule has 0 aliphatic carbocycles. The summed E-state index contributed by atoms with van der Waals surface area (Å²) in [4.78, 5) is 52.9. The molecule has 2 aromatic carbocycles. The molecule has 0 fully saturated rings. The van der Waals surface area contributed by atoms with Gasteiger partial charge in [0.1, 0.15) is 23.1 Å². The Bertz CT molecular complexity index is 1390. The van der Waals surface area contributed by atoms with Crippen molar-refractivity contribution in [3.05, 3.63) is 52.1 Å². The van der Waals surface area contributed by atoms with Crippen LogP contribution in [0.5, 0.6) is 11.5 Å². The number of nitrogens with zero attached hydrogens (tertiary/aromatic N) is 1. The lowest BCUT2D eigenvalue weighted by molar-refractivity contribution is -0.158. The first-order valence-corrected chi connectivity index (χ1v) is 14.0. The van der Waals surface area contributed by atoms with Gasteiger partial charge in [0.15, 0.2) is 5.60 Å². The van der Waals surface area contributed by atoms with Crippen LogP contribution in [0.15, 0.2) is 24.3 Å². The average molecular weight is 583 g/mol. The fourth-order valence-corrected chi connectivity index (χ4v) is 4.79. The second-order valence-corrected chi connectivity index (χ2v) is 11.9. The maximum Gasteiger partial charge on any atom is 0.411 e. The van der Waals surface area contributed by atoms with Gasteiger partial charge >= 0.3 is 18.0 Å². The summed E-state index contributed by atoms with van der Waals surface area (Å²) in [5.41, 5.74) is 2.01. The molecule has 0 saturated heterocycles. The fourth-order valence-electron chi connectivity index (χ4n) is 4.79. The van der Waals surface area contributed by atoms with Gasteiger partial charge in [0, 0.05) is 19.2 Å². The van der Waals surface area contributed by atoms with Crippen LogP contribution in [0.4, 0.5) is 10.5 Å². The lowest BCUT2D eigenvalue weighted by Gasteiger charge is -2.37. The molecule has 0 bridgehead atoms. The number of ether oxygens (including phenoxy) is 4. The predicted octanol–water partition coefficient (Wildman–Crippen LogP) is 5.73. The van der Waals surface area contributed by atoms with E-state index in [0.29, 0.717) is 40.3 Å². The zero-order valence-corrected chi connectivity index (χ0v) is 26.2. The Labute approximate surface area is 247 Å². The fraction of sp³-hybridized carbons (Fsp3) is 0.500. The molecule has 1 aliphatic heterocycles. The maximum atomic E-state index is 14.1. The third-order valence-electron chi connectivity index (χ3n) is 6.89.